The van der Waals surface area contributed by atoms with Crippen LogP contribution < -0.4 is 10.6 Å². The fraction of sp³-hybridized carbons (Fsp3) is 0.125. The second-order valence-corrected chi connectivity index (χ2v) is 7.91. The Hall–Kier alpha value is -3.64. The number of hydrogen-bond acceptors (Lipinski definition) is 3. The van der Waals surface area contributed by atoms with Gasteiger partial charge in [0.15, 0.2) is 0 Å². The van der Waals surface area contributed by atoms with E-state index in [0.29, 0.717) is 21.8 Å². The van der Waals surface area contributed by atoms with Crippen molar-refractivity contribution < 1.29 is 14.4 Å². The average Bonchev–Trinajstić information content (AvgIpc) is 2.99. The molecule has 6 nitrogen and oxygen atoms in total. The molecule has 1 saturated heterocycles. The van der Waals surface area contributed by atoms with E-state index in [2.05, 4.69) is 10.6 Å². The number of carbonyl (C=O) groups excluding carboxylic acids is 3. The summed E-state index contributed by atoms with van der Waals surface area (Å²) >= 11 is 5.93. The van der Waals surface area contributed by atoms with E-state index in [9.17, 15) is 14.4 Å². The molecule has 31 heavy (non-hydrogen) atoms. The smallest absolute Gasteiger partial charge is 0.322 e. The third kappa shape index (κ3) is 4.15. The Kier molecular flexibility index (Phi) is 5.48. The molecule has 0 spiro atoms. The summed E-state index contributed by atoms with van der Waals surface area (Å²) in [6.07, 6.45) is 0. The van der Waals surface area contributed by atoms with Gasteiger partial charge in [-0.15, -0.1) is 0 Å². The van der Waals surface area contributed by atoms with Crippen molar-refractivity contribution in [2.45, 2.75) is 19.0 Å². The number of hydrogen-bond donors (Lipinski definition) is 2. The summed E-state index contributed by atoms with van der Waals surface area (Å²) in [4.78, 5) is 39.1. The van der Waals surface area contributed by atoms with Crippen LogP contribution in [-0.4, -0.2) is 22.7 Å². The standard InChI is InChI=1S/C24H20ClN3O3/c1-24(18-11-13-19(25)14-12-18)22(30)28(23(31)27-24)15-16-7-9-17(10-8-16)21(29)26-20-5-3-2-4-6-20/h2-14H,15H2,1H3,(H,26,29)(H,27,31). The minimum Gasteiger partial charge on any atom is -0.322 e. The maximum absolute atomic E-state index is 13.1. The molecular weight excluding hydrogens is 414 g/mol. The summed E-state index contributed by atoms with van der Waals surface area (Å²) in [6.45, 7) is 1.78. The molecule has 1 atom stereocenters. The lowest BCUT2D eigenvalue weighted by atomic mass is 9.92. The molecule has 4 amide bonds. The molecule has 1 aliphatic heterocycles. The highest BCUT2D eigenvalue weighted by atomic mass is 35.5. The topological polar surface area (TPSA) is 78.5 Å². The zero-order chi connectivity index (χ0) is 22.0. The summed E-state index contributed by atoms with van der Waals surface area (Å²) in [7, 11) is 0. The average molecular weight is 434 g/mol. The molecule has 1 fully saturated rings. The van der Waals surface area contributed by atoms with Crippen LogP contribution in [0, 0.1) is 0 Å². The fourth-order valence-corrected chi connectivity index (χ4v) is 3.61. The van der Waals surface area contributed by atoms with Crippen LogP contribution in [0.3, 0.4) is 0 Å². The molecule has 7 heteroatoms. The van der Waals surface area contributed by atoms with Gasteiger partial charge in [0.25, 0.3) is 11.8 Å². The number of halogens is 1. The Bertz CT molecular complexity index is 1130. The van der Waals surface area contributed by atoms with Crippen LogP contribution in [0.2, 0.25) is 5.02 Å². The van der Waals surface area contributed by atoms with E-state index in [0.717, 1.165) is 5.56 Å². The number of imide groups is 1. The number of para-hydroxylation sites is 1. The van der Waals surface area contributed by atoms with Gasteiger partial charge in [-0.25, -0.2) is 4.79 Å². The largest absolute Gasteiger partial charge is 0.325 e. The third-order valence-corrected chi connectivity index (χ3v) is 5.54. The Morgan fingerprint density at radius 1 is 0.968 bits per heavy atom. The van der Waals surface area contributed by atoms with Gasteiger partial charge < -0.3 is 10.6 Å². The first-order chi connectivity index (χ1) is 14.9. The number of urea groups is 1. The quantitative estimate of drug-likeness (QED) is 0.579. The van der Waals surface area contributed by atoms with Gasteiger partial charge >= 0.3 is 6.03 Å². The maximum Gasteiger partial charge on any atom is 0.325 e. The third-order valence-electron chi connectivity index (χ3n) is 5.29. The van der Waals surface area contributed by atoms with E-state index in [1.54, 1.807) is 55.5 Å². The number of benzene rings is 3. The van der Waals surface area contributed by atoms with Crippen molar-refractivity contribution in [2.75, 3.05) is 5.32 Å². The van der Waals surface area contributed by atoms with E-state index >= 15 is 0 Å². The predicted octanol–water partition coefficient (Wildman–Crippen LogP) is 4.56. The molecule has 3 aromatic rings. The van der Waals surface area contributed by atoms with Gasteiger partial charge in [-0.3, -0.25) is 14.5 Å². The van der Waals surface area contributed by atoms with Crippen molar-refractivity contribution in [1.82, 2.24) is 10.2 Å². The summed E-state index contributed by atoms with van der Waals surface area (Å²) < 4.78 is 0. The highest BCUT2D eigenvalue weighted by Crippen LogP contribution is 2.30. The number of anilines is 1. The van der Waals surface area contributed by atoms with Crippen molar-refractivity contribution in [2.24, 2.45) is 0 Å². The first-order valence-electron chi connectivity index (χ1n) is 9.72. The molecule has 0 aromatic heterocycles. The molecule has 4 rings (SSSR count). The Morgan fingerprint density at radius 3 is 2.26 bits per heavy atom. The highest BCUT2D eigenvalue weighted by Gasteiger charge is 2.48. The molecule has 2 N–H and O–H groups in total. The lowest BCUT2D eigenvalue weighted by Crippen LogP contribution is -2.40. The van der Waals surface area contributed by atoms with Crippen LogP contribution >= 0.6 is 11.6 Å². The molecule has 0 saturated carbocycles. The molecule has 0 bridgehead atoms. The molecule has 1 aliphatic rings. The van der Waals surface area contributed by atoms with Crippen molar-refractivity contribution in [3.05, 3.63) is 101 Å². The lowest BCUT2D eigenvalue weighted by molar-refractivity contribution is -0.131. The van der Waals surface area contributed by atoms with E-state index in [1.165, 1.54) is 4.90 Å². The van der Waals surface area contributed by atoms with Gasteiger partial charge in [0.1, 0.15) is 5.54 Å². The number of carbonyl (C=O) groups is 3. The number of rotatable bonds is 5. The SMILES string of the molecule is CC1(c2ccc(Cl)cc2)NC(=O)N(Cc2ccc(C(=O)Nc3ccccc3)cc2)C1=O. The lowest BCUT2D eigenvalue weighted by Gasteiger charge is -2.22. The van der Waals surface area contributed by atoms with Crippen molar-refractivity contribution in [1.29, 1.82) is 0 Å². The minimum atomic E-state index is -1.16. The number of amides is 4. The van der Waals surface area contributed by atoms with Crippen molar-refractivity contribution in [3.63, 3.8) is 0 Å². The number of nitrogens with zero attached hydrogens (tertiary/aromatic N) is 1. The van der Waals surface area contributed by atoms with Gasteiger partial charge in [0.2, 0.25) is 0 Å². The molecule has 0 radical (unpaired) electrons. The van der Waals surface area contributed by atoms with Gasteiger partial charge in [0.05, 0.1) is 6.54 Å². The zero-order valence-corrected chi connectivity index (χ0v) is 17.5. The van der Waals surface area contributed by atoms with E-state index < -0.39 is 11.6 Å². The van der Waals surface area contributed by atoms with Gasteiger partial charge in [-0.2, -0.15) is 0 Å². The van der Waals surface area contributed by atoms with Crippen LogP contribution in [-0.2, 0) is 16.9 Å². The normalized spacial score (nSPS) is 18.1. The molecule has 3 aromatic carbocycles. The fourth-order valence-electron chi connectivity index (χ4n) is 3.49. The maximum atomic E-state index is 13.1. The first-order valence-corrected chi connectivity index (χ1v) is 10.1. The molecule has 1 heterocycles. The van der Waals surface area contributed by atoms with Crippen LogP contribution in [0.4, 0.5) is 10.5 Å². The van der Waals surface area contributed by atoms with Gasteiger partial charge in [0, 0.05) is 16.3 Å². The summed E-state index contributed by atoms with van der Waals surface area (Å²) in [5, 5.41) is 6.15. The minimum absolute atomic E-state index is 0.106. The molecule has 156 valence electrons. The monoisotopic (exact) mass is 433 g/mol. The molecular formula is C24H20ClN3O3. The second kappa shape index (κ2) is 8.24. The van der Waals surface area contributed by atoms with Crippen LogP contribution in [0.5, 0.6) is 0 Å². The van der Waals surface area contributed by atoms with Crippen LogP contribution in [0.25, 0.3) is 0 Å². The summed E-state index contributed by atoms with van der Waals surface area (Å²) in [6, 6.07) is 22.3. The van der Waals surface area contributed by atoms with Gasteiger partial charge in [-0.1, -0.05) is 54.1 Å². The molecule has 1 unspecified atom stereocenters. The van der Waals surface area contributed by atoms with Gasteiger partial charge in [-0.05, 0) is 54.4 Å². The Balaban J connectivity index is 1.46. The van der Waals surface area contributed by atoms with E-state index in [-0.39, 0.29) is 18.4 Å². The second-order valence-electron chi connectivity index (χ2n) is 7.47. The van der Waals surface area contributed by atoms with Crippen LogP contribution in [0.1, 0.15) is 28.4 Å². The van der Waals surface area contributed by atoms with E-state index in [4.69, 9.17) is 11.6 Å². The summed E-state index contributed by atoms with van der Waals surface area (Å²) in [5.74, 6) is -0.575. The van der Waals surface area contributed by atoms with E-state index in [1.807, 2.05) is 30.3 Å². The van der Waals surface area contributed by atoms with Crippen molar-refractivity contribution in [3.8, 4) is 0 Å². The highest BCUT2D eigenvalue weighted by molar-refractivity contribution is 6.30. The predicted molar refractivity (Wildman–Crippen MR) is 119 cm³/mol. The van der Waals surface area contributed by atoms with Crippen molar-refractivity contribution >= 4 is 35.1 Å². The van der Waals surface area contributed by atoms with Crippen LogP contribution in [0.15, 0.2) is 78.9 Å². The zero-order valence-electron chi connectivity index (χ0n) is 16.8. The Morgan fingerprint density at radius 2 is 1.61 bits per heavy atom. The summed E-state index contributed by atoms with van der Waals surface area (Å²) in [5.41, 5.74) is 1.43. The first kappa shape index (κ1) is 20.6. The Labute approximate surface area is 184 Å². The molecule has 0 aliphatic carbocycles. The number of nitrogens with one attached hydrogen (secondary N) is 2.